The molecule has 4 heteroatoms. The van der Waals surface area contributed by atoms with Crippen molar-refractivity contribution < 1.29 is 9.53 Å². The van der Waals surface area contributed by atoms with Gasteiger partial charge in [0.2, 0.25) is 5.91 Å². The van der Waals surface area contributed by atoms with Crippen LogP contribution in [0.25, 0.3) is 0 Å². The van der Waals surface area contributed by atoms with E-state index in [4.69, 9.17) is 4.74 Å². The third kappa shape index (κ3) is 6.39. The number of methoxy groups -OCH3 is 1. The van der Waals surface area contributed by atoms with Gasteiger partial charge in [0.05, 0.1) is 13.2 Å². The Morgan fingerprint density at radius 1 is 1.12 bits per heavy atom. The predicted molar refractivity (Wildman–Crippen MR) is 101 cm³/mol. The van der Waals surface area contributed by atoms with Gasteiger partial charge in [-0.2, -0.15) is 0 Å². The lowest BCUT2D eigenvalue weighted by atomic mass is 10.2. The van der Waals surface area contributed by atoms with Crippen molar-refractivity contribution in [2.45, 2.75) is 45.7 Å². The molecule has 2 rings (SSSR count). The molecule has 0 saturated carbocycles. The Bertz CT molecular complexity index is 622. The maximum atomic E-state index is 12.6. The van der Waals surface area contributed by atoms with E-state index in [1.165, 1.54) is 5.56 Å². The van der Waals surface area contributed by atoms with Crippen LogP contribution >= 0.6 is 0 Å². The molecule has 0 N–H and O–H groups in total. The Labute approximate surface area is 151 Å². The molecule has 1 aromatic carbocycles. The van der Waals surface area contributed by atoms with Crippen LogP contribution in [0.15, 0.2) is 48.7 Å². The molecule has 0 saturated heterocycles. The minimum atomic E-state index is 0.220. The summed E-state index contributed by atoms with van der Waals surface area (Å²) >= 11 is 0. The zero-order chi connectivity index (χ0) is 17.9. The molecule has 1 aromatic heterocycles. The molecular formula is C21H30N2O2. The highest BCUT2D eigenvalue weighted by Crippen LogP contribution is 2.12. The molecule has 0 radical (unpaired) electrons. The highest BCUT2D eigenvalue weighted by molar-refractivity contribution is 5.76. The number of ether oxygens (including phenoxy) is 1. The first-order valence-electron chi connectivity index (χ1n) is 9.19. The third-order valence-electron chi connectivity index (χ3n) is 4.38. The number of rotatable bonds is 11. The van der Waals surface area contributed by atoms with Crippen molar-refractivity contribution in [3.8, 4) is 0 Å². The van der Waals surface area contributed by atoms with Crippen molar-refractivity contribution in [3.05, 3.63) is 59.9 Å². The first-order valence-corrected chi connectivity index (χ1v) is 9.19. The van der Waals surface area contributed by atoms with Crippen molar-refractivity contribution in [1.29, 1.82) is 0 Å². The van der Waals surface area contributed by atoms with E-state index >= 15 is 0 Å². The van der Waals surface area contributed by atoms with Gasteiger partial charge in [-0.05, 0) is 24.1 Å². The highest BCUT2D eigenvalue weighted by Gasteiger charge is 2.15. The second-order valence-corrected chi connectivity index (χ2v) is 6.38. The highest BCUT2D eigenvalue weighted by atomic mass is 16.5. The summed E-state index contributed by atoms with van der Waals surface area (Å²) in [7, 11) is 1.68. The zero-order valence-electron chi connectivity index (χ0n) is 15.5. The minimum absolute atomic E-state index is 0.220. The van der Waals surface area contributed by atoms with Crippen LogP contribution in [0.3, 0.4) is 0 Å². The first kappa shape index (κ1) is 19.3. The molecule has 0 bridgehead atoms. The van der Waals surface area contributed by atoms with E-state index in [0.717, 1.165) is 31.5 Å². The van der Waals surface area contributed by atoms with E-state index in [1.807, 2.05) is 17.0 Å². The molecule has 0 atom stereocenters. The summed E-state index contributed by atoms with van der Waals surface area (Å²) < 4.78 is 7.41. The van der Waals surface area contributed by atoms with Crippen LogP contribution in [0, 0.1) is 0 Å². The van der Waals surface area contributed by atoms with Crippen LogP contribution in [-0.2, 0) is 22.6 Å². The average molecular weight is 342 g/mol. The number of nitrogens with zero attached hydrogens (tertiary/aromatic N) is 2. The summed E-state index contributed by atoms with van der Waals surface area (Å²) in [5.41, 5.74) is 2.42. The number of unbranched alkanes of at least 4 members (excludes halogenated alkanes) is 2. The lowest BCUT2D eigenvalue weighted by Gasteiger charge is -2.23. The van der Waals surface area contributed by atoms with E-state index in [0.29, 0.717) is 26.1 Å². The van der Waals surface area contributed by atoms with Gasteiger partial charge < -0.3 is 14.2 Å². The molecule has 136 valence electrons. The van der Waals surface area contributed by atoms with E-state index < -0.39 is 0 Å². The number of amides is 1. The van der Waals surface area contributed by atoms with Crippen LogP contribution in [0.5, 0.6) is 0 Å². The summed E-state index contributed by atoms with van der Waals surface area (Å²) in [5.74, 6) is 0.220. The number of carbonyl (C=O) groups is 1. The van der Waals surface area contributed by atoms with E-state index in [2.05, 4.69) is 48.0 Å². The van der Waals surface area contributed by atoms with Gasteiger partial charge in [-0.25, -0.2) is 0 Å². The number of carbonyl (C=O) groups excluding carboxylic acids is 1. The van der Waals surface area contributed by atoms with Gasteiger partial charge in [0, 0.05) is 38.5 Å². The lowest BCUT2D eigenvalue weighted by Crippen LogP contribution is -2.34. The molecule has 25 heavy (non-hydrogen) atoms. The molecule has 0 aliphatic heterocycles. The predicted octanol–water partition coefficient (Wildman–Crippen LogP) is 4.09. The van der Waals surface area contributed by atoms with Crippen LogP contribution in [0.4, 0.5) is 0 Å². The van der Waals surface area contributed by atoms with E-state index in [9.17, 15) is 4.79 Å². The van der Waals surface area contributed by atoms with E-state index in [1.54, 1.807) is 7.11 Å². The van der Waals surface area contributed by atoms with Crippen LogP contribution in [-0.4, -0.2) is 35.6 Å². The van der Waals surface area contributed by atoms with Crippen molar-refractivity contribution in [2.75, 3.05) is 20.3 Å². The fourth-order valence-electron chi connectivity index (χ4n) is 2.90. The maximum absolute atomic E-state index is 12.6. The first-order chi connectivity index (χ1) is 12.2. The fourth-order valence-corrected chi connectivity index (χ4v) is 2.90. The van der Waals surface area contributed by atoms with Crippen molar-refractivity contribution in [2.24, 2.45) is 0 Å². The van der Waals surface area contributed by atoms with Gasteiger partial charge in [0.1, 0.15) is 0 Å². The smallest absolute Gasteiger partial charge is 0.222 e. The van der Waals surface area contributed by atoms with Crippen molar-refractivity contribution in [3.63, 3.8) is 0 Å². The summed E-state index contributed by atoms with van der Waals surface area (Å²) in [6.07, 6.45) is 5.90. The monoisotopic (exact) mass is 342 g/mol. The Morgan fingerprint density at radius 2 is 1.92 bits per heavy atom. The third-order valence-corrected chi connectivity index (χ3v) is 4.38. The number of aromatic nitrogens is 1. The van der Waals surface area contributed by atoms with Crippen LogP contribution in [0.1, 0.15) is 43.9 Å². The summed E-state index contributed by atoms with van der Waals surface area (Å²) in [6.45, 7) is 4.82. The largest absolute Gasteiger partial charge is 0.383 e. The molecule has 0 fully saturated rings. The number of hydrogen-bond donors (Lipinski definition) is 0. The van der Waals surface area contributed by atoms with Crippen LogP contribution < -0.4 is 0 Å². The molecule has 4 nitrogen and oxygen atoms in total. The summed E-state index contributed by atoms with van der Waals surface area (Å²) in [5, 5.41) is 0. The lowest BCUT2D eigenvalue weighted by molar-refractivity contribution is -0.132. The average Bonchev–Trinajstić information content (AvgIpc) is 3.06. The number of hydrogen-bond acceptors (Lipinski definition) is 2. The Hall–Kier alpha value is -2.07. The number of benzene rings is 1. The standard InChI is InChI=1S/C21H30N2O2/c1-3-4-6-13-21(24)23(15-16-25-2)18-20-12-9-14-22(20)17-19-10-7-5-8-11-19/h5,7-12,14H,3-4,6,13,15-18H2,1-2H3. The van der Waals surface area contributed by atoms with Crippen LogP contribution in [0.2, 0.25) is 0 Å². The zero-order valence-corrected chi connectivity index (χ0v) is 15.5. The fraction of sp³-hybridized carbons (Fsp3) is 0.476. The molecule has 0 spiro atoms. The summed E-state index contributed by atoms with van der Waals surface area (Å²) in [6, 6.07) is 14.5. The minimum Gasteiger partial charge on any atom is -0.383 e. The molecule has 0 aliphatic rings. The molecule has 1 amide bonds. The second kappa shape index (κ2) is 10.7. The topological polar surface area (TPSA) is 34.5 Å². The van der Waals surface area contributed by atoms with Gasteiger partial charge in [-0.1, -0.05) is 50.1 Å². The van der Waals surface area contributed by atoms with Gasteiger partial charge in [0.25, 0.3) is 0 Å². The van der Waals surface area contributed by atoms with E-state index in [-0.39, 0.29) is 5.91 Å². The Kier molecular flexibility index (Phi) is 8.26. The van der Waals surface area contributed by atoms with Crippen molar-refractivity contribution in [1.82, 2.24) is 9.47 Å². The second-order valence-electron chi connectivity index (χ2n) is 6.38. The quantitative estimate of drug-likeness (QED) is 0.576. The molecule has 0 aliphatic carbocycles. The molecule has 0 unspecified atom stereocenters. The normalized spacial score (nSPS) is 10.8. The molecular weight excluding hydrogens is 312 g/mol. The molecule has 1 heterocycles. The Morgan fingerprint density at radius 3 is 2.64 bits per heavy atom. The SMILES string of the molecule is CCCCCC(=O)N(CCOC)Cc1cccn1Cc1ccccc1. The van der Waals surface area contributed by atoms with Gasteiger partial charge >= 0.3 is 0 Å². The van der Waals surface area contributed by atoms with Gasteiger partial charge in [-0.3, -0.25) is 4.79 Å². The van der Waals surface area contributed by atoms with Gasteiger partial charge in [-0.15, -0.1) is 0 Å². The maximum Gasteiger partial charge on any atom is 0.222 e. The molecule has 2 aromatic rings. The Balaban J connectivity index is 2.02. The summed E-state index contributed by atoms with van der Waals surface area (Å²) in [4.78, 5) is 14.5. The van der Waals surface area contributed by atoms with Crippen molar-refractivity contribution >= 4 is 5.91 Å². The van der Waals surface area contributed by atoms with Gasteiger partial charge in [0.15, 0.2) is 0 Å².